The van der Waals surface area contributed by atoms with Gasteiger partial charge in [0, 0.05) is 54.4 Å². The zero-order valence-corrected chi connectivity index (χ0v) is 36.3. The molecule has 9 rings (SSSR count). The Morgan fingerprint density at radius 1 is 0.610 bits per heavy atom. The van der Waals surface area contributed by atoms with Crippen molar-refractivity contribution in [2.75, 3.05) is 0 Å². The normalized spacial score (nSPS) is 22.0. The van der Waals surface area contributed by atoms with Crippen LogP contribution in [0.4, 0.5) is 0 Å². The summed E-state index contributed by atoms with van der Waals surface area (Å²) in [5.74, 6) is 0. The van der Waals surface area contributed by atoms with Gasteiger partial charge in [-0.25, -0.2) is 0 Å². The first kappa shape index (κ1) is 26.3. The van der Waals surface area contributed by atoms with E-state index in [1.165, 1.54) is 54.9 Å². The number of benzene rings is 5. The first-order valence-electron chi connectivity index (χ1n) is 27.4. The maximum atomic E-state index is 9.33. The molecule has 0 amide bonds. The number of rotatable bonds is 5. The maximum Gasteiger partial charge on any atom is 0.0322 e. The standard InChI is InChI=1S/C34H34N.C22H22N.Ir/c1-23-14-32(35-22-31(23)17-33(2,3)4)26-11-7-10-24(15-26)25-12-13-29-20-34(21-30(29)16-25)18-27-8-5-6-9-28(27)19-34;1-16-15-23-21(17-10-6-5-7-11-17)14-19(16)18-12-8-9-13-20(18)22(2,3)4;/h5-10,12-16,22H,17-21H2,1-4H3;5-10,12-15H,1-4H3;/q2*-1;/i1D3,17D2,18D2,19D2,20D2,21D2;1D3;. The van der Waals surface area contributed by atoms with E-state index in [1.807, 2.05) is 48.5 Å². The Labute approximate surface area is 389 Å². The second-order valence-electron chi connectivity index (χ2n) is 16.7. The van der Waals surface area contributed by atoms with Crippen LogP contribution in [0.3, 0.4) is 0 Å². The molecule has 2 heterocycles. The molecule has 0 aliphatic heterocycles. The molecule has 2 aromatic heterocycles. The number of fused-ring (bicyclic) bond motifs is 2. The predicted octanol–water partition coefficient (Wildman–Crippen LogP) is 13.8. The minimum absolute atomic E-state index is 0. The van der Waals surface area contributed by atoms with E-state index in [9.17, 15) is 5.48 Å². The van der Waals surface area contributed by atoms with Gasteiger partial charge in [0.05, 0.1) is 0 Å². The third-order valence-electron chi connectivity index (χ3n) is 9.97. The van der Waals surface area contributed by atoms with Gasteiger partial charge in [-0.2, -0.15) is 0 Å². The molecule has 2 nitrogen and oxygen atoms in total. The van der Waals surface area contributed by atoms with Crippen LogP contribution in [0.15, 0.2) is 134 Å². The van der Waals surface area contributed by atoms with Crippen LogP contribution in [0.1, 0.15) is 108 Å². The number of pyridine rings is 2. The molecule has 3 heteroatoms. The average Bonchev–Trinajstić information content (AvgIpc) is 3.58. The third kappa shape index (κ3) is 9.43. The van der Waals surface area contributed by atoms with E-state index in [0.717, 1.165) is 22.4 Å². The molecular weight excluding hydrogens is 893 g/mol. The van der Waals surface area contributed by atoms with Gasteiger partial charge >= 0.3 is 0 Å². The van der Waals surface area contributed by atoms with Gasteiger partial charge in [-0.3, -0.25) is 0 Å². The largest absolute Gasteiger partial charge is 0.304 e. The van der Waals surface area contributed by atoms with E-state index < -0.39 is 56.4 Å². The number of aryl methyl sites for hydroxylation is 2. The van der Waals surface area contributed by atoms with Crippen molar-refractivity contribution in [2.45, 2.75) is 92.5 Å². The van der Waals surface area contributed by atoms with Crippen LogP contribution in [-0.4, -0.2) is 9.97 Å². The first-order valence-corrected chi connectivity index (χ1v) is 19.4. The van der Waals surface area contributed by atoms with Crippen molar-refractivity contribution in [2.24, 2.45) is 10.8 Å². The zero-order valence-electron chi connectivity index (χ0n) is 49.9. The SMILES string of the molecule is [2H]C([2H])([2H])c1cc(-c2[c-]ccc(-c3ccc4c(c3)C([2H])([2H])C3(C([2H])([2H])c5ccccc5C3([2H])[2H])C4([2H])[2H])c2)ncc1C([2H])([2H])C(C)(C)C.[2H]C([2H])([2H])c1cnc(-c2[c-]cccc2)cc1-c1ccccc1C(C)(C)C.[Ir]. The van der Waals surface area contributed by atoms with Crippen molar-refractivity contribution < 1.29 is 42.0 Å². The van der Waals surface area contributed by atoms with Crippen LogP contribution in [0.2, 0.25) is 0 Å². The molecule has 0 unspecified atom stereocenters. The second kappa shape index (κ2) is 17.0. The van der Waals surface area contributed by atoms with Crippen molar-refractivity contribution in [3.05, 3.63) is 190 Å². The van der Waals surface area contributed by atoms with Gasteiger partial charge in [0.15, 0.2) is 0 Å². The van der Waals surface area contributed by atoms with Crippen molar-refractivity contribution in [3.63, 3.8) is 0 Å². The molecule has 2 aliphatic carbocycles. The summed E-state index contributed by atoms with van der Waals surface area (Å²) in [6, 6.07) is 40.1. The van der Waals surface area contributed by atoms with Crippen LogP contribution in [0, 0.1) is 36.7 Å². The smallest absolute Gasteiger partial charge is 0.0322 e. The Morgan fingerprint density at radius 2 is 1.24 bits per heavy atom. The minimum atomic E-state index is -2.81. The minimum Gasteiger partial charge on any atom is -0.304 e. The van der Waals surface area contributed by atoms with E-state index in [1.54, 1.807) is 45.0 Å². The third-order valence-corrected chi connectivity index (χ3v) is 9.97. The molecule has 0 N–H and O–H groups in total. The van der Waals surface area contributed by atoms with E-state index in [0.29, 0.717) is 22.3 Å². The fraction of sp³-hybridized carbons (Fsp3) is 0.286. The number of hydrogen-bond donors (Lipinski definition) is 0. The summed E-state index contributed by atoms with van der Waals surface area (Å²) in [7, 11) is 0. The Balaban J connectivity index is 0.000000257. The van der Waals surface area contributed by atoms with E-state index in [4.69, 9.17) is 16.4 Å². The Bertz CT molecular complexity index is 3240. The molecule has 0 atom stereocenters. The molecule has 2 aliphatic rings. The van der Waals surface area contributed by atoms with Gasteiger partial charge in [0.1, 0.15) is 0 Å². The first-order chi connectivity index (χ1) is 34.0. The molecule has 0 fully saturated rings. The van der Waals surface area contributed by atoms with Gasteiger partial charge in [-0.15, -0.1) is 71.3 Å². The molecule has 5 aromatic carbocycles. The number of aromatic nitrogens is 2. The van der Waals surface area contributed by atoms with Crippen molar-refractivity contribution in [1.29, 1.82) is 0 Å². The quantitative estimate of drug-likeness (QED) is 0.161. The van der Waals surface area contributed by atoms with Gasteiger partial charge in [-0.05, 0) is 129 Å². The van der Waals surface area contributed by atoms with E-state index in [-0.39, 0.29) is 70.2 Å². The van der Waals surface area contributed by atoms with Gasteiger partial charge in [0.2, 0.25) is 0 Å². The van der Waals surface area contributed by atoms with Crippen LogP contribution in [0.25, 0.3) is 44.8 Å². The molecule has 0 saturated carbocycles. The fourth-order valence-electron chi connectivity index (χ4n) is 7.28. The molecule has 301 valence electrons. The van der Waals surface area contributed by atoms with Gasteiger partial charge in [-0.1, -0.05) is 126 Å². The number of nitrogens with zero attached hydrogens (tertiary/aromatic N) is 2. The number of hydrogen-bond acceptors (Lipinski definition) is 2. The maximum absolute atomic E-state index is 9.33. The summed E-state index contributed by atoms with van der Waals surface area (Å²) in [4.78, 5) is 8.83. The van der Waals surface area contributed by atoms with Crippen molar-refractivity contribution >= 4 is 0 Å². The van der Waals surface area contributed by atoms with Gasteiger partial charge < -0.3 is 9.97 Å². The van der Waals surface area contributed by atoms with Crippen LogP contribution in [-0.2, 0) is 57.4 Å². The van der Waals surface area contributed by atoms with Crippen LogP contribution < -0.4 is 0 Å². The Morgan fingerprint density at radius 3 is 1.93 bits per heavy atom. The molecule has 59 heavy (non-hydrogen) atoms. The molecule has 1 spiro atoms. The molecule has 1 radical (unpaired) electrons. The summed E-state index contributed by atoms with van der Waals surface area (Å²) in [6.07, 6.45) is -10.3. The van der Waals surface area contributed by atoms with E-state index >= 15 is 0 Å². The second-order valence-corrected chi connectivity index (χ2v) is 16.7. The molecular formula is C56H56IrN2-2. The molecule has 0 saturated heterocycles. The summed E-state index contributed by atoms with van der Waals surface area (Å²) in [6.45, 7) is 6.58. The molecule has 0 bridgehead atoms. The van der Waals surface area contributed by atoms with E-state index in [2.05, 4.69) is 48.9 Å². The van der Waals surface area contributed by atoms with Crippen molar-refractivity contribution in [3.8, 4) is 44.8 Å². The Kier molecular flexibility index (Phi) is 7.56. The summed E-state index contributed by atoms with van der Waals surface area (Å²) < 4.78 is 139. The average molecular weight is 965 g/mol. The topological polar surface area (TPSA) is 25.8 Å². The Hall–Kier alpha value is -4.95. The predicted molar refractivity (Wildman–Crippen MR) is 243 cm³/mol. The monoisotopic (exact) mass is 966 g/mol. The summed E-state index contributed by atoms with van der Waals surface area (Å²) >= 11 is 0. The summed E-state index contributed by atoms with van der Waals surface area (Å²) in [5.41, 5.74) is 1.69. The van der Waals surface area contributed by atoms with Gasteiger partial charge in [0.25, 0.3) is 0 Å². The summed E-state index contributed by atoms with van der Waals surface area (Å²) in [5, 5.41) is 0. The van der Waals surface area contributed by atoms with Crippen LogP contribution in [0.5, 0.6) is 0 Å². The van der Waals surface area contributed by atoms with Crippen LogP contribution >= 0.6 is 0 Å². The zero-order chi connectivity index (χ0) is 54.6. The molecule has 7 aromatic rings. The fourth-order valence-corrected chi connectivity index (χ4v) is 7.28. The van der Waals surface area contributed by atoms with Crippen molar-refractivity contribution in [1.82, 2.24) is 9.97 Å².